The Balaban J connectivity index is 1.01. The summed E-state index contributed by atoms with van der Waals surface area (Å²) < 4.78 is 0. The van der Waals surface area contributed by atoms with Crippen molar-refractivity contribution < 1.29 is 0 Å². The lowest BCUT2D eigenvalue weighted by molar-refractivity contribution is 0.590. The minimum atomic E-state index is -0.108. The quantitative estimate of drug-likeness (QED) is 0.127. The molecule has 16 aromatic rings. The Bertz CT molecular complexity index is 7040. The van der Waals surface area contributed by atoms with Crippen LogP contribution in [-0.2, 0) is 32.5 Å². The third-order valence-corrected chi connectivity index (χ3v) is 25.9. The van der Waals surface area contributed by atoms with Gasteiger partial charge in [-0.25, -0.2) is 19.9 Å². The highest BCUT2D eigenvalue weighted by atomic mass is 14.8. The SMILES string of the molecule is CC(C)(C)c1ccc(-c2c3nc(c(-c4ccc(C(C)(C)C)cc4)c4[nH]c(c(-c5ccc(C(C)(C)C)cc5)c5nc(c(-c6c7nc(c(-c8ccc(C(C)(C)C)cc8)c8[nH]c(c(-c9ccc(C(C)(C)C)cc9)c9nc(c(-c%10ccc(C(C)(C)C)cc%10)c%10ccc6[nH]%10)-c6ccccc6-9)c6ccccc86)C=C7)c6ccc2[nH]6)C=C5)c2ccccc42)-c2ccccc2-3)cc1. The van der Waals surface area contributed by atoms with Crippen LogP contribution in [0.2, 0.25) is 0 Å². The Labute approximate surface area is 728 Å². The first-order valence-electron chi connectivity index (χ1n) is 43.9. The highest BCUT2D eigenvalue weighted by Gasteiger charge is 2.33. The molecular formula is C116H106N8. The predicted octanol–water partition coefficient (Wildman–Crippen LogP) is 31.7. The van der Waals surface area contributed by atoms with Crippen LogP contribution in [0.5, 0.6) is 0 Å². The molecule has 0 aliphatic carbocycles. The van der Waals surface area contributed by atoms with Gasteiger partial charge in [-0.3, -0.25) is 0 Å². The summed E-state index contributed by atoms with van der Waals surface area (Å²) in [5.41, 5.74) is 38.7. The summed E-state index contributed by atoms with van der Waals surface area (Å²) in [6.45, 7) is 41.1. The van der Waals surface area contributed by atoms with Crippen molar-refractivity contribution in [3.8, 4) is 123 Å². The molecule has 0 amide bonds. The highest BCUT2D eigenvalue weighted by Crippen LogP contribution is 2.53. The van der Waals surface area contributed by atoms with E-state index in [1.807, 2.05) is 0 Å². The Morgan fingerprint density at radius 3 is 0.613 bits per heavy atom. The fourth-order valence-corrected chi connectivity index (χ4v) is 18.9. The topological polar surface area (TPSA) is 115 Å². The lowest BCUT2D eigenvalue weighted by Gasteiger charge is -2.19. The van der Waals surface area contributed by atoms with E-state index in [-0.39, 0.29) is 32.5 Å². The molecule has 0 atom stereocenters. The summed E-state index contributed by atoms with van der Waals surface area (Å²) in [6, 6.07) is 99.8. The molecule has 124 heavy (non-hydrogen) atoms. The summed E-state index contributed by atoms with van der Waals surface area (Å²) in [7, 11) is 0. The maximum atomic E-state index is 6.19. The molecular weight excluding hydrogens is 1510 g/mol. The highest BCUT2D eigenvalue weighted by molar-refractivity contribution is 6.20. The van der Waals surface area contributed by atoms with Crippen LogP contribution >= 0.6 is 0 Å². The van der Waals surface area contributed by atoms with Gasteiger partial charge in [0.2, 0.25) is 0 Å². The van der Waals surface area contributed by atoms with Crippen LogP contribution in [0.1, 0.15) is 181 Å². The molecule has 0 saturated heterocycles. The van der Waals surface area contributed by atoms with Crippen molar-refractivity contribution in [3.05, 3.63) is 323 Å². The fraction of sp³-hybridized carbons (Fsp3) is 0.207. The van der Waals surface area contributed by atoms with Crippen LogP contribution in [0.15, 0.2) is 267 Å². The van der Waals surface area contributed by atoms with Crippen LogP contribution < -0.4 is 0 Å². The van der Waals surface area contributed by atoms with Crippen LogP contribution in [0.25, 0.3) is 213 Å². The number of H-pyrrole nitrogens is 4. The first-order valence-corrected chi connectivity index (χ1v) is 43.9. The maximum absolute atomic E-state index is 6.19. The van der Waals surface area contributed by atoms with Crippen molar-refractivity contribution >= 4 is 90.0 Å². The van der Waals surface area contributed by atoms with Gasteiger partial charge in [-0.2, -0.15) is 0 Å². The van der Waals surface area contributed by atoms with Crippen molar-refractivity contribution in [3.63, 3.8) is 0 Å². The summed E-state index contributed by atoms with van der Waals surface area (Å²) in [6.07, 6.45) is 8.96. The zero-order valence-corrected chi connectivity index (χ0v) is 74.5. The Morgan fingerprint density at radius 1 is 0.177 bits per heavy atom. The van der Waals surface area contributed by atoms with E-state index >= 15 is 0 Å². The Hall–Kier alpha value is -13.6. The average molecular weight is 1610 g/mol. The fourth-order valence-electron chi connectivity index (χ4n) is 18.9. The van der Waals surface area contributed by atoms with Crippen LogP contribution in [0.3, 0.4) is 0 Å². The largest absolute Gasteiger partial charge is 0.354 e. The van der Waals surface area contributed by atoms with Crippen molar-refractivity contribution in [2.24, 2.45) is 0 Å². The molecule has 20 rings (SSSR count). The van der Waals surface area contributed by atoms with E-state index in [9.17, 15) is 0 Å². The van der Waals surface area contributed by atoms with E-state index in [1.54, 1.807) is 0 Å². The van der Waals surface area contributed by atoms with Gasteiger partial charge < -0.3 is 19.9 Å². The van der Waals surface area contributed by atoms with Crippen LogP contribution in [0, 0.1) is 0 Å². The molecule has 0 fully saturated rings. The Morgan fingerprint density at radius 2 is 0.371 bits per heavy atom. The average Bonchev–Trinajstić information content (AvgIpc) is 1.57. The summed E-state index contributed by atoms with van der Waals surface area (Å²) >= 11 is 0. The molecule has 0 spiro atoms. The second-order valence-corrected chi connectivity index (χ2v) is 40.5. The monoisotopic (exact) mass is 1610 g/mol. The zero-order valence-electron chi connectivity index (χ0n) is 74.5. The second-order valence-electron chi connectivity index (χ2n) is 40.5. The lowest BCUT2D eigenvalue weighted by atomic mass is 9.85. The minimum absolute atomic E-state index is 0.0824. The third kappa shape index (κ3) is 13.7. The summed E-state index contributed by atoms with van der Waals surface area (Å²) in [5.74, 6) is 0. The molecule has 610 valence electrons. The van der Waals surface area contributed by atoms with Crippen molar-refractivity contribution in [2.75, 3.05) is 0 Å². The van der Waals surface area contributed by atoms with Gasteiger partial charge in [-0.15, -0.1) is 0 Å². The smallest absolute Gasteiger partial charge is 0.0816 e. The molecule has 8 nitrogen and oxygen atoms in total. The predicted molar refractivity (Wildman–Crippen MR) is 528 cm³/mol. The lowest BCUT2D eigenvalue weighted by Crippen LogP contribution is -2.10. The molecule has 16 bridgehead atoms. The second kappa shape index (κ2) is 29.1. The zero-order chi connectivity index (χ0) is 86.0. The normalized spacial score (nSPS) is 13.0. The van der Waals surface area contributed by atoms with Crippen molar-refractivity contribution in [2.45, 2.75) is 157 Å². The van der Waals surface area contributed by atoms with Crippen LogP contribution in [0.4, 0.5) is 0 Å². The molecule has 6 aromatic heterocycles. The van der Waals surface area contributed by atoms with Gasteiger partial charge in [0.05, 0.1) is 67.6 Å². The number of hydrogen-bond acceptors (Lipinski definition) is 4. The third-order valence-electron chi connectivity index (χ3n) is 25.9. The van der Waals surface area contributed by atoms with Crippen LogP contribution in [-0.4, -0.2) is 39.9 Å². The molecule has 10 aromatic carbocycles. The molecule has 8 heteroatoms. The summed E-state index contributed by atoms with van der Waals surface area (Å²) in [4.78, 5) is 41.9. The van der Waals surface area contributed by atoms with Gasteiger partial charge in [-0.1, -0.05) is 367 Å². The summed E-state index contributed by atoms with van der Waals surface area (Å²) in [5, 5.41) is 4.27. The van der Waals surface area contributed by atoms with Crippen molar-refractivity contribution in [1.29, 1.82) is 0 Å². The van der Waals surface area contributed by atoms with E-state index in [0.717, 1.165) is 211 Å². The van der Waals surface area contributed by atoms with E-state index in [2.05, 4.69) is 436 Å². The molecule has 0 radical (unpaired) electrons. The van der Waals surface area contributed by atoms with Gasteiger partial charge in [0.25, 0.3) is 0 Å². The number of hydrogen-bond donors (Lipinski definition) is 4. The molecule has 4 N–H and O–H groups in total. The number of fused-ring (bicyclic) bond motifs is 28. The van der Waals surface area contributed by atoms with E-state index in [0.29, 0.717) is 0 Å². The number of aromatic amines is 4. The molecule has 0 saturated carbocycles. The first kappa shape index (κ1) is 78.9. The number of aromatic nitrogens is 8. The van der Waals surface area contributed by atoms with Gasteiger partial charge >= 0.3 is 0 Å². The number of nitrogens with zero attached hydrogens (tertiary/aromatic N) is 4. The van der Waals surface area contributed by atoms with Gasteiger partial charge in [0, 0.05) is 110 Å². The van der Waals surface area contributed by atoms with Gasteiger partial charge in [0.1, 0.15) is 0 Å². The maximum Gasteiger partial charge on any atom is 0.0816 e. The molecule has 4 aliphatic rings. The van der Waals surface area contributed by atoms with E-state index in [1.165, 1.54) is 33.4 Å². The Kier molecular flexibility index (Phi) is 18.5. The number of nitrogens with one attached hydrogen (secondary N) is 4. The van der Waals surface area contributed by atoms with Gasteiger partial charge in [0.15, 0.2) is 0 Å². The van der Waals surface area contributed by atoms with Crippen molar-refractivity contribution in [1.82, 2.24) is 39.9 Å². The van der Waals surface area contributed by atoms with E-state index in [4.69, 9.17) is 19.9 Å². The standard InChI is InChI=1S/C116H106N8/c1-111(2,3)73-47-35-67(36-48-73)95-87-59-63-91(117-87)101(92-64-60-88(118-92)96(68-37-49-74(50-38-68)112(4,5)6)104-80-28-20-24-32-84(80)108(122-104)99(71-43-55-77(56-44-71)115(13,14)15)107-83-31-23-19-27-79(83)103(95)121-107)102-93-65-61-89(119-93)97(69-39-51-75(52-40-69)113(7,8)9)105-81-29-21-25-33-85(81)109(123-105)100(72-45-57-78(58-46-72)116(16,17)18)110-86-34-26-22-30-82(86)106(124-110)98(90-62-66-94(102)120-90)70-41-53-76(54-42-70)114(10,11)12/h19-66,117,119,122,124H,1-18H3. The minimum Gasteiger partial charge on any atom is -0.354 e. The van der Waals surface area contributed by atoms with Gasteiger partial charge in [-0.05, 0) is 148 Å². The molecule has 10 heterocycles. The number of rotatable bonds is 7. The molecule has 4 aliphatic heterocycles. The molecule has 0 unspecified atom stereocenters. The first-order chi connectivity index (χ1) is 59.3. The van der Waals surface area contributed by atoms with E-state index < -0.39 is 0 Å². The number of benzene rings is 10.